The first-order valence-electron chi connectivity index (χ1n) is 13.9. The highest BCUT2D eigenvalue weighted by atomic mass is 35.5. The highest BCUT2D eigenvalue weighted by Gasteiger charge is 2.63. The normalized spacial score (nSPS) is 22.7. The van der Waals surface area contributed by atoms with Crippen LogP contribution in [0.1, 0.15) is 59.9 Å². The van der Waals surface area contributed by atoms with Gasteiger partial charge in [-0.1, -0.05) is 80.0 Å². The molecule has 3 atom stereocenters. The third kappa shape index (κ3) is 4.52. The van der Waals surface area contributed by atoms with Crippen LogP contribution in [0.3, 0.4) is 0 Å². The van der Waals surface area contributed by atoms with E-state index >= 15 is 0 Å². The van der Waals surface area contributed by atoms with Crippen molar-refractivity contribution < 1.29 is 23.9 Å². The SMILES string of the molecule is Cc1ccc(NC(=O)COC(=O)[C@H](CC(C)C)N2C(=O)[C@@H]3C4c5ccccc5C(c5ccccc54)[C@H]3C2=O)cc1Cl. The number of ether oxygens (including phenoxy) is 1. The standard InChI is InChI=1S/C33H31ClN2O5/c1-17(2)14-25(33(40)41-16-26(37)35-19-13-12-18(3)24(34)15-19)36-31(38)29-27-20-8-4-5-9-21(20)28(30(29)32(36)39)23-11-7-6-10-22(23)27/h4-13,15,17,25,27-30H,14,16H2,1-3H3,(H,35,37)/t25-,27?,28?,29+,30+/m0/s1. The summed E-state index contributed by atoms with van der Waals surface area (Å²) in [5.74, 6) is -3.71. The molecular formula is C33H31ClN2O5. The van der Waals surface area contributed by atoms with Gasteiger partial charge in [0.2, 0.25) is 11.8 Å². The molecule has 1 heterocycles. The molecule has 3 aromatic carbocycles. The monoisotopic (exact) mass is 570 g/mol. The zero-order valence-corrected chi connectivity index (χ0v) is 23.9. The van der Waals surface area contributed by atoms with Crippen molar-refractivity contribution in [2.75, 3.05) is 11.9 Å². The minimum Gasteiger partial charge on any atom is -0.454 e. The van der Waals surface area contributed by atoms with Gasteiger partial charge in [-0.3, -0.25) is 19.3 Å². The van der Waals surface area contributed by atoms with Gasteiger partial charge < -0.3 is 10.1 Å². The fourth-order valence-electron chi connectivity index (χ4n) is 6.86. The maximum Gasteiger partial charge on any atom is 0.329 e. The van der Waals surface area contributed by atoms with E-state index in [0.29, 0.717) is 10.7 Å². The van der Waals surface area contributed by atoms with Crippen LogP contribution in [0.25, 0.3) is 0 Å². The van der Waals surface area contributed by atoms with Crippen molar-refractivity contribution in [1.29, 1.82) is 0 Å². The highest BCUT2D eigenvalue weighted by Crippen LogP contribution is 2.61. The summed E-state index contributed by atoms with van der Waals surface area (Å²) in [6.07, 6.45) is 0.236. The molecule has 210 valence electrons. The second-order valence-corrected chi connectivity index (χ2v) is 12.0. The topological polar surface area (TPSA) is 92.8 Å². The average molecular weight is 571 g/mol. The van der Waals surface area contributed by atoms with Crippen molar-refractivity contribution in [3.05, 3.63) is 99.6 Å². The molecule has 8 heteroatoms. The zero-order chi connectivity index (χ0) is 29.0. The highest BCUT2D eigenvalue weighted by molar-refractivity contribution is 6.31. The number of benzene rings is 3. The van der Waals surface area contributed by atoms with Gasteiger partial charge in [0.05, 0.1) is 11.8 Å². The smallest absolute Gasteiger partial charge is 0.329 e. The van der Waals surface area contributed by atoms with Crippen molar-refractivity contribution >= 4 is 41.0 Å². The number of imide groups is 1. The summed E-state index contributed by atoms with van der Waals surface area (Å²) in [4.78, 5) is 55.5. The number of nitrogens with one attached hydrogen (secondary N) is 1. The van der Waals surface area contributed by atoms with Crippen LogP contribution in [0.5, 0.6) is 0 Å². The summed E-state index contributed by atoms with van der Waals surface area (Å²) >= 11 is 6.14. The van der Waals surface area contributed by atoms with Gasteiger partial charge >= 0.3 is 5.97 Å². The van der Waals surface area contributed by atoms with E-state index in [0.717, 1.165) is 32.7 Å². The van der Waals surface area contributed by atoms with Crippen LogP contribution in [0.4, 0.5) is 5.69 Å². The van der Waals surface area contributed by atoms with Crippen LogP contribution in [-0.4, -0.2) is 41.2 Å². The number of hydrogen-bond donors (Lipinski definition) is 1. The molecule has 0 radical (unpaired) electrons. The summed E-state index contributed by atoms with van der Waals surface area (Å²) in [5, 5.41) is 3.17. The van der Waals surface area contributed by atoms with Crippen LogP contribution < -0.4 is 5.32 Å². The van der Waals surface area contributed by atoms with Gasteiger partial charge in [-0.15, -0.1) is 0 Å². The van der Waals surface area contributed by atoms with Gasteiger partial charge in [-0.25, -0.2) is 4.79 Å². The zero-order valence-electron chi connectivity index (χ0n) is 23.1. The van der Waals surface area contributed by atoms with E-state index in [9.17, 15) is 19.2 Å². The molecule has 3 aromatic rings. The van der Waals surface area contributed by atoms with E-state index < -0.39 is 36.4 Å². The number of esters is 1. The maximum atomic E-state index is 14.1. The van der Waals surface area contributed by atoms with Crippen molar-refractivity contribution in [3.8, 4) is 0 Å². The Morgan fingerprint density at radius 3 is 1.85 bits per heavy atom. The molecule has 7 nitrogen and oxygen atoms in total. The minimum absolute atomic E-state index is 0.00887. The predicted octanol–water partition coefficient (Wildman–Crippen LogP) is 5.44. The Hall–Kier alpha value is -3.97. The van der Waals surface area contributed by atoms with Crippen LogP contribution in [0.15, 0.2) is 66.7 Å². The van der Waals surface area contributed by atoms with Gasteiger partial charge in [0.1, 0.15) is 6.04 Å². The molecule has 0 saturated carbocycles. The molecule has 41 heavy (non-hydrogen) atoms. The minimum atomic E-state index is -1.12. The molecule has 3 amide bonds. The Morgan fingerprint density at radius 2 is 1.39 bits per heavy atom. The lowest BCUT2D eigenvalue weighted by molar-refractivity contribution is -0.160. The van der Waals surface area contributed by atoms with Crippen molar-refractivity contribution in [1.82, 2.24) is 4.90 Å². The number of carbonyl (C=O) groups excluding carboxylic acids is 4. The predicted molar refractivity (Wildman–Crippen MR) is 154 cm³/mol. The Morgan fingerprint density at radius 1 is 0.878 bits per heavy atom. The van der Waals surface area contributed by atoms with E-state index in [1.54, 1.807) is 18.2 Å². The number of carbonyl (C=O) groups is 4. The molecule has 0 aromatic heterocycles. The largest absolute Gasteiger partial charge is 0.454 e. The van der Waals surface area contributed by atoms with Gasteiger partial charge in [0.25, 0.3) is 5.91 Å². The van der Waals surface area contributed by atoms with Crippen LogP contribution in [-0.2, 0) is 23.9 Å². The quantitative estimate of drug-likeness (QED) is 0.302. The lowest BCUT2D eigenvalue weighted by Gasteiger charge is -2.45. The Labute approximate surface area is 243 Å². The Kier molecular flexibility index (Phi) is 6.94. The molecule has 3 aliphatic carbocycles. The Balaban J connectivity index is 1.26. The molecule has 0 unspecified atom stereocenters. The van der Waals surface area contributed by atoms with Crippen LogP contribution in [0.2, 0.25) is 5.02 Å². The second-order valence-electron chi connectivity index (χ2n) is 11.6. The summed E-state index contributed by atoms with van der Waals surface area (Å²) in [6, 6.07) is 20.0. The number of rotatable bonds is 7. The van der Waals surface area contributed by atoms with Crippen LogP contribution >= 0.6 is 11.6 Å². The number of nitrogens with zero attached hydrogens (tertiary/aromatic N) is 1. The first kappa shape index (κ1) is 27.2. The summed E-state index contributed by atoms with van der Waals surface area (Å²) in [7, 11) is 0. The molecule has 1 saturated heterocycles. The van der Waals surface area contributed by atoms with Crippen LogP contribution in [0, 0.1) is 24.7 Å². The van der Waals surface area contributed by atoms with E-state index in [-0.39, 0.29) is 36.0 Å². The summed E-state index contributed by atoms with van der Waals surface area (Å²) in [5.41, 5.74) is 5.61. The number of anilines is 1. The molecular weight excluding hydrogens is 540 g/mol. The van der Waals surface area contributed by atoms with E-state index in [1.807, 2.05) is 69.3 Å². The maximum absolute atomic E-state index is 14.1. The molecule has 1 N–H and O–H groups in total. The van der Waals surface area contributed by atoms with Gasteiger partial charge in [-0.2, -0.15) is 0 Å². The summed E-state index contributed by atoms with van der Waals surface area (Å²) in [6.45, 7) is 5.14. The molecule has 4 aliphatic rings. The number of hydrogen-bond acceptors (Lipinski definition) is 5. The van der Waals surface area contributed by atoms with Crippen molar-refractivity contribution in [2.45, 2.75) is 45.1 Å². The number of likely N-dealkylation sites (tertiary alicyclic amines) is 1. The lowest BCUT2D eigenvalue weighted by atomic mass is 9.55. The van der Waals surface area contributed by atoms with E-state index in [2.05, 4.69) is 5.32 Å². The number of aryl methyl sites for hydroxylation is 1. The Bertz CT molecular complexity index is 1470. The molecule has 7 rings (SSSR count). The fourth-order valence-corrected chi connectivity index (χ4v) is 7.04. The second kappa shape index (κ2) is 10.5. The van der Waals surface area contributed by atoms with E-state index in [1.165, 1.54) is 0 Å². The number of halogens is 1. The molecule has 1 fully saturated rings. The van der Waals surface area contributed by atoms with Crippen molar-refractivity contribution in [2.24, 2.45) is 17.8 Å². The van der Waals surface area contributed by atoms with Crippen molar-refractivity contribution in [3.63, 3.8) is 0 Å². The molecule has 0 spiro atoms. The molecule has 1 aliphatic heterocycles. The third-order valence-corrected chi connectivity index (χ3v) is 8.97. The van der Waals surface area contributed by atoms with Gasteiger partial charge in [0, 0.05) is 22.5 Å². The fraction of sp³-hybridized carbons (Fsp3) is 0.333. The summed E-state index contributed by atoms with van der Waals surface area (Å²) < 4.78 is 5.42. The lowest BCUT2D eigenvalue weighted by Crippen LogP contribution is -2.47. The number of amides is 3. The molecule has 2 bridgehead atoms. The average Bonchev–Trinajstić information content (AvgIpc) is 3.22. The van der Waals surface area contributed by atoms with Gasteiger partial charge in [0.15, 0.2) is 6.61 Å². The third-order valence-electron chi connectivity index (χ3n) is 8.56. The van der Waals surface area contributed by atoms with Gasteiger partial charge in [-0.05, 0) is 59.2 Å². The first-order chi connectivity index (χ1) is 19.7. The van der Waals surface area contributed by atoms with E-state index in [4.69, 9.17) is 16.3 Å². The first-order valence-corrected chi connectivity index (χ1v) is 14.3.